The molecular formula is C10H7Br3N4OS2. The molecular weight excluding hydrogens is 496 g/mol. The van der Waals surface area contributed by atoms with Crippen molar-refractivity contribution in [3.05, 3.63) is 25.6 Å². The van der Waals surface area contributed by atoms with Gasteiger partial charge in [-0.25, -0.2) is 0 Å². The average Bonchev–Trinajstić information content (AvgIpc) is 2.77. The third-order valence-electron chi connectivity index (χ3n) is 2.02. The number of hydrogen-bond acceptors (Lipinski definition) is 6. The highest BCUT2D eigenvalue weighted by molar-refractivity contribution is 9.11. The minimum Gasteiger partial charge on any atom is -0.374 e. The topological polar surface area (TPSA) is 80.9 Å². The van der Waals surface area contributed by atoms with Crippen LogP contribution in [0.4, 0.5) is 10.8 Å². The molecule has 2 rings (SSSR count). The molecule has 10 heteroatoms. The van der Waals surface area contributed by atoms with E-state index in [0.717, 1.165) is 13.4 Å². The minimum atomic E-state index is -0.132. The van der Waals surface area contributed by atoms with E-state index >= 15 is 0 Å². The van der Waals surface area contributed by atoms with Crippen LogP contribution in [0.3, 0.4) is 0 Å². The van der Waals surface area contributed by atoms with Crippen molar-refractivity contribution in [1.82, 2.24) is 10.2 Å². The van der Waals surface area contributed by atoms with Crippen LogP contribution < -0.4 is 11.1 Å². The number of hydrogen-bond donors (Lipinski definition) is 2. The molecule has 0 bridgehead atoms. The quantitative estimate of drug-likeness (QED) is 0.614. The Kier molecular flexibility index (Phi) is 5.84. The molecule has 0 fully saturated rings. The monoisotopic (exact) mass is 500 g/mol. The first kappa shape index (κ1) is 16.2. The molecule has 3 N–H and O–H groups in total. The van der Waals surface area contributed by atoms with Gasteiger partial charge >= 0.3 is 0 Å². The van der Waals surface area contributed by atoms with Crippen LogP contribution in [-0.4, -0.2) is 21.9 Å². The molecule has 0 saturated carbocycles. The van der Waals surface area contributed by atoms with E-state index in [2.05, 4.69) is 63.3 Å². The molecule has 0 radical (unpaired) electrons. The van der Waals surface area contributed by atoms with Crippen LogP contribution in [0.2, 0.25) is 0 Å². The lowest BCUT2D eigenvalue weighted by atomic mass is 10.3. The standard InChI is InChI=1S/C10H7Br3N4OS2/c11-4-1-5(12)8(6(13)2-4)15-7(18)3-19-10-17-16-9(14)20-10/h1-2H,3H2,(H2,14,16)(H,15,18). The number of nitrogens with zero attached hydrogens (tertiary/aromatic N) is 2. The van der Waals surface area contributed by atoms with Gasteiger partial charge in [0.1, 0.15) is 0 Å². The zero-order chi connectivity index (χ0) is 14.7. The number of anilines is 2. The van der Waals surface area contributed by atoms with Crippen LogP contribution >= 0.6 is 70.9 Å². The number of benzene rings is 1. The molecule has 5 nitrogen and oxygen atoms in total. The number of aromatic nitrogens is 2. The van der Waals surface area contributed by atoms with E-state index in [0.29, 0.717) is 15.2 Å². The van der Waals surface area contributed by atoms with E-state index in [1.807, 2.05) is 12.1 Å². The first-order chi connectivity index (χ1) is 9.45. The normalized spacial score (nSPS) is 10.6. The van der Waals surface area contributed by atoms with Gasteiger partial charge in [-0.15, -0.1) is 10.2 Å². The summed E-state index contributed by atoms with van der Waals surface area (Å²) in [4.78, 5) is 11.9. The maximum Gasteiger partial charge on any atom is 0.234 e. The fourth-order valence-corrected chi connectivity index (χ4v) is 5.14. The van der Waals surface area contributed by atoms with Gasteiger partial charge in [0.2, 0.25) is 11.0 Å². The summed E-state index contributed by atoms with van der Waals surface area (Å²) in [6.07, 6.45) is 0. The number of nitrogens with two attached hydrogens (primary N) is 1. The summed E-state index contributed by atoms with van der Waals surface area (Å²) in [5.74, 6) is 0.108. The Hall–Kier alpha value is -0.160. The molecule has 1 amide bonds. The van der Waals surface area contributed by atoms with Crippen molar-refractivity contribution < 1.29 is 4.79 Å². The molecule has 0 aliphatic rings. The highest BCUT2D eigenvalue weighted by Gasteiger charge is 2.12. The Balaban J connectivity index is 1.98. The van der Waals surface area contributed by atoms with Crippen LogP contribution in [-0.2, 0) is 4.79 Å². The molecule has 2 aromatic rings. The largest absolute Gasteiger partial charge is 0.374 e. The van der Waals surface area contributed by atoms with Crippen molar-refractivity contribution in [2.45, 2.75) is 4.34 Å². The van der Waals surface area contributed by atoms with Crippen LogP contribution in [0.5, 0.6) is 0 Å². The second-order valence-corrected chi connectivity index (χ2v) is 8.34. The predicted octanol–water partition coefficient (Wildman–Crippen LogP) is 4.14. The Morgan fingerprint density at radius 2 is 1.95 bits per heavy atom. The number of nitrogens with one attached hydrogen (secondary N) is 1. The fraction of sp³-hybridized carbons (Fsp3) is 0.100. The van der Waals surface area contributed by atoms with Gasteiger partial charge in [0.15, 0.2) is 4.34 Å². The number of halogens is 3. The van der Waals surface area contributed by atoms with E-state index in [4.69, 9.17) is 5.73 Å². The summed E-state index contributed by atoms with van der Waals surface area (Å²) in [7, 11) is 0. The smallest absolute Gasteiger partial charge is 0.234 e. The van der Waals surface area contributed by atoms with Gasteiger partial charge in [-0.1, -0.05) is 39.0 Å². The zero-order valence-corrected chi connectivity index (χ0v) is 16.1. The van der Waals surface area contributed by atoms with Gasteiger partial charge in [0, 0.05) is 13.4 Å². The average molecular weight is 503 g/mol. The molecule has 106 valence electrons. The molecule has 20 heavy (non-hydrogen) atoms. The van der Waals surface area contributed by atoms with Gasteiger partial charge in [-0.2, -0.15) is 0 Å². The molecule has 0 atom stereocenters. The molecule has 0 aliphatic heterocycles. The molecule has 0 aliphatic carbocycles. The van der Waals surface area contributed by atoms with Crippen LogP contribution in [0.25, 0.3) is 0 Å². The molecule has 1 aromatic heterocycles. The third-order valence-corrected chi connectivity index (χ3v) is 5.61. The maximum absolute atomic E-state index is 11.9. The second-order valence-electron chi connectivity index (χ2n) is 3.49. The summed E-state index contributed by atoms with van der Waals surface area (Å²) in [5, 5.41) is 10.8. The zero-order valence-electron chi connectivity index (χ0n) is 9.69. The van der Waals surface area contributed by atoms with Crippen LogP contribution in [0.1, 0.15) is 0 Å². The Morgan fingerprint density at radius 1 is 1.30 bits per heavy atom. The van der Waals surface area contributed by atoms with Crippen LogP contribution in [0, 0.1) is 0 Å². The SMILES string of the molecule is Nc1nnc(SCC(=O)Nc2c(Br)cc(Br)cc2Br)s1. The van der Waals surface area contributed by atoms with E-state index < -0.39 is 0 Å². The van der Waals surface area contributed by atoms with Crippen molar-refractivity contribution in [2.75, 3.05) is 16.8 Å². The van der Waals surface area contributed by atoms with Gasteiger partial charge in [-0.05, 0) is 44.0 Å². The van der Waals surface area contributed by atoms with Crippen molar-refractivity contribution in [3.63, 3.8) is 0 Å². The van der Waals surface area contributed by atoms with E-state index in [1.54, 1.807) is 0 Å². The van der Waals surface area contributed by atoms with Crippen molar-refractivity contribution in [2.24, 2.45) is 0 Å². The molecule has 0 spiro atoms. The maximum atomic E-state index is 11.9. The van der Waals surface area contributed by atoms with Gasteiger partial charge < -0.3 is 11.1 Å². The van der Waals surface area contributed by atoms with Gasteiger partial charge in [0.05, 0.1) is 11.4 Å². The lowest BCUT2D eigenvalue weighted by Gasteiger charge is -2.09. The Labute approximate surface area is 148 Å². The number of rotatable bonds is 4. The number of carbonyl (C=O) groups excluding carboxylic acids is 1. The summed E-state index contributed by atoms with van der Waals surface area (Å²) in [6, 6.07) is 3.72. The van der Waals surface area contributed by atoms with Gasteiger partial charge in [-0.3, -0.25) is 4.79 Å². The first-order valence-corrected chi connectivity index (χ1v) is 9.30. The highest BCUT2D eigenvalue weighted by atomic mass is 79.9. The van der Waals surface area contributed by atoms with E-state index in [1.165, 1.54) is 23.1 Å². The summed E-state index contributed by atoms with van der Waals surface area (Å²) >= 11 is 12.7. The lowest BCUT2D eigenvalue weighted by Crippen LogP contribution is -2.14. The third kappa shape index (κ3) is 4.42. The Morgan fingerprint density at radius 3 is 2.50 bits per heavy atom. The Bertz CT molecular complexity index is 626. The van der Waals surface area contributed by atoms with Crippen molar-refractivity contribution in [3.8, 4) is 0 Å². The molecule has 0 unspecified atom stereocenters. The number of nitrogen functional groups attached to an aromatic ring is 1. The second kappa shape index (κ2) is 7.21. The number of thioether (sulfide) groups is 1. The lowest BCUT2D eigenvalue weighted by molar-refractivity contribution is -0.113. The first-order valence-electron chi connectivity index (χ1n) is 5.12. The molecule has 0 saturated heterocycles. The van der Waals surface area contributed by atoms with Crippen molar-refractivity contribution in [1.29, 1.82) is 0 Å². The minimum absolute atomic E-state index is 0.132. The van der Waals surface area contributed by atoms with Gasteiger partial charge in [0.25, 0.3) is 0 Å². The summed E-state index contributed by atoms with van der Waals surface area (Å²) in [5.41, 5.74) is 6.17. The predicted molar refractivity (Wildman–Crippen MR) is 93.2 cm³/mol. The fourth-order valence-electron chi connectivity index (χ4n) is 1.24. The molecule has 1 aromatic carbocycles. The number of amides is 1. The summed E-state index contributed by atoms with van der Waals surface area (Å²) in [6.45, 7) is 0. The van der Waals surface area contributed by atoms with E-state index in [9.17, 15) is 4.79 Å². The van der Waals surface area contributed by atoms with E-state index in [-0.39, 0.29) is 11.7 Å². The highest BCUT2D eigenvalue weighted by Crippen LogP contribution is 2.34. The van der Waals surface area contributed by atoms with Crippen molar-refractivity contribution >= 4 is 87.6 Å². The summed E-state index contributed by atoms with van der Waals surface area (Å²) < 4.78 is 3.16. The van der Waals surface area contributed by atoms with Crippen LogP contribution in [0.15, 0.2) is 29.9 Å². The molecule has 1 heterocycles. The number of carbonyl (C=O) groups is 1.